The molecule has 0 aliphatic carbocycles. The molecular formula is C19H24N4O2. The molecule has 0 radical (unpaired) electrons. The predicted octanol–water partition coefficient (Wildman–Crippen LogP) is 2.86. The van der Waals surface area contributed by atoms with E-state index in [1.807, 2.05) is 24.3 Å². The fourth-order valence-corrected chi connectivity index (χ4v) is 2.99. The molecule has 6 heteroatoms. The van der Waals surface area contributed by atoms with Crippen LogP contribution in [0.4, 0.5) is 5.82 Å². The Morgan fingerprint density at radius 2 is 1.88 bits per heavy atom. The minimum absolute atomic E-state index is 0.0400. The van der Waals surface area contributed by atoms with E-state index in [2.05, 4.69) is 36.3 Å². The van der Waals surface area contributed by atoms with Gasteiger partial charge in [0.15, 0.2) is 0 Å². The summed E-state index contributed by atoms with van der Waals surface area (Å²) in [4.78, 5) is 25.8. The second kappa shape index (κ2) is 6.35. The third kappa shape index (κ3) is 3.57. The number of nitrogens with one attached hydrogen (secondary N) is 2. The maximum absolute atomic E-state index is 12.5. The van der Waals surface area contributed by atoms with E-state index in [-0.39, 0.29) is 17.2 Å². The molecule has 2 heterocycles. The highest BCUT2D eigenvalue weighted by Gasteiger charge is 2.24. The van der Waals surface area contributed by atoms with E-state index in [9.17, 15) is 9.59 Å². The van der Waals surface area contributed by atoms with Gasteiger partial charge in [-0.2, -0.15) is 5.10 Å². The molecule has 2 N–H and O–H groups in total. The molecule has 25 heavy (non-hydrogen) atoms. The zero-order chi connectivity index (χ0) is 18.2. The Morgan fingerprint density at radius 1 is 1.20 bits per heavy atom. The van der Waals surface area contributed by atoms with E-state index < -0.39 is 0 Å². The quantitative estimate of drug-likeness (QED) is 0.882. The normalized spacial score (nSPS) is 14.2. The van der Waals surface area contributed by atoms with Crippen molar-refractivity contribution in [1.29, 1.82) is 0 Å². The van der Waals surface area contributed by atoms with E-state index in [4.69, 9.17) is 0 Å². The predicted molar refractivity (Wildman–Crippen MR) is 96.5 cm³/mol. The van der Waals surface area contributed by atoms with Gasteiger partial charge in [-0.3, -0.25) is 14.7 Å². The number of hydrogen-bond acceptors (Lipinski definition) is 3. The van der Waals surface area contributed by atoms with Gasteiger partial charge in [-0.15, -0.1) is 0 Å². The van der Waals surface area contributed by atoms with Crippen molar-refractivity contribution in [2.75, 3.05) is 11.9 Å². The number of H-pyrrole nitrogens is 1. The van der Waals surface area contributed by atoms with Gasteiger partial charge >= 0.3 is 0 Å². The molecule has 2 amide bonds. The van der Waals surface area contributed by atoms with Crippen LogP contribution in [0.2, 0.25) is 0 Å². The highest BCUT2D eigenvalue weighted by atomic mass is 16.2. The van der Waals surface area contributed by atoms with Crippen LogP contribution < -0.4 is 5.32 Å². The molecule has 1 aromatic heterocycles. The maximum atomic E-state index is 12.5. The van der Waals surface area contributed by atoms with Crippen molar-refractivity contribution in [2.45, 2.75) is 46.1 Å². The number of amides is 2. The SMILES string of the molecule is CC(=O)N1CCc2c(n[nH]c2NC(=O)c2ccc(C(C)(C)C)cc2)C1. The van der Waals surface area contributed by atoms with Crippen LogP contribution in [0.5, 0.6) is 0 Å². The smallest absolute Gasteiger partial charge is 0.256 e. The molecule has 6 nitrogen and oxygen atoms in total. The Kier molecular flexibility index (Phi) is 4.37. The van der Waals surface area contributed by atoms with Crippen LogP contribution in [0, 0.1) is 0 Å². The molecule has 1 aromatic carbocycles. The zero-order valence-electron chi connectivity index (χ0n) is 15.1. The number of carbonyl (C=O) groups excluding carboxylic acids is 2. The second-order valence-electron chi connectivity index (χ2n) is 7.50. The number of aromatic amines is 1. The average Bonchev–Trinajstić information content (AvgIpc) is 2.96. The fraction of sp³-hybridized carbons (Fsp3) is 0.421. The standard InChI is InChI=1S/C19H24N4O2/c1-12(24)23-10-9-15-16(11-23)21-22-17(15)20-18(25)13-5-7-14(8-6-13)19(2,3)4/h5-8H,9-11H2,1-4H3,(H2,20,21,22,25). The third-order valence-electron chi connectivity index (χ3n) is 4.62. The number of fused-ring (bicyclic) bond motifs is 1. The molecule has 1 aliphatic heterocycles. The number of benzene rings is 1. The molecule has 0 unspecified atom stereocenters. The molecule has 1 aliphatic rings. The van der Waals surface area contributed by atoms with Crippen LogP contribution in [-0.2, 0) is 23.2 Å². The van der Waals surface area contributed by atoms with E-state index >= 15 is 0 Å². The summed E-state index contributed by atoms with van der Waals surface area (Å²) < 4.78 is 0. The van der Waals surface area contributed by atoms with Crippen LogP contribution >= 0.6 is 0 Å². The molecule has 2 aromatic rings. The first kappa shape index (κ1) is 17.2. The minimum Gasteiger partial charge on any atom is -0.337 e. The lowest BCUT2D eigenvalue weighted by atomic mass is 9.87. The van der Waals surface area contributed by atoms with Crippen molar-refractivity contribution >= 4 is 17.6 Å². The first-order valence-corrected chi connectivity index (χ1v) is 8.49. The number of hydrogen-bond donors (Lipinski definition) is 2. The molecule has 0 fully saturated rings. The van der Waals surface area contributed by atoms with Crippen LogP contribution in [0.25, 0.3) is 0 Å². The maximum Gasteiger partial charge on any atom is 0.256 e. The monoisotopic (exact) mass is 340 g/mol. The Bertz CT molecular complexity index is 800. The minimum atomic E-state index is -0.166. The largest absolute Gasteiger partial charge is 0.337 e. The number of anilines is 1. The van der Waals surface area contributed by atoms with Crippen molar-refractivity contribution in [1.82, 2.24) is 15.1 Å². The molecule has 0 spiro atoms. The topological polar surface area (TPSA) is 78.1 Å². The summed E-state index contributed by atoms with van der Waals surface area (Å²) >= 11 is 0. The summed E-state index contributed by atoms with van der Waals surface area (Å²) in [6, 6.07) is 7.66. The molecule has 3 rings (SSSR count). The van der Waals surface area contributed by atoms with E-state index in [1.165, 1.54) is 5.56 Å². The average molecular weight is 340 g/mol. The molecule has 132 valence electrons. The lowest BCUT2D eigenvalue weighted by Gasteiger charge is -2.25. The summed E-state index contributed by atoms with van der Waals surface area (Å²) in [6.45, 7) is 9.11. The van der Waals surface area contributed by atoms with Crippen LogP contribution in [0.1, 0.15) is 54.9 Å². The molecule has 0 saturated heterocycles. The summed E-state index contributed by atoms with van der Waals surface area (Å²) in [5.41, 5.74) is 3.65. The highest BCUT2D eigenvalue weighted by molar-refractivity contribution is 6.04. The van der Waals surface area contributed by atoms with Crippen LogP contribution in [0.3, 0.4) is 0 Å². The van der Waals surface area contributed by atoms with E-state index in [0.29, 0.717) is 30.9 Å². The van der Waals surface area contributed by atoms with Crippen molar-refractivity contribution in [2.24, 2.45) is 0 Å². The van der Waals surface area contributed by atoms with Gasteiger partial charge in [-0.05, 0) is 29.5 Å². The Labute approximate surface area is 147 Å². The van der Waals surface area contributed by atoms with Gasteiger partial charge in [0.1, 0.15) is 5.82 Å². The third-order valence-corrected chi connectivity index (χ3v) is 4.62. The lowest BCUT2D eigenvalue weighted by molar-refractivity contribution is -0.129. The first-order chi connectivity index (χ1) is 11.8. The molecule has 0 saturated carbocycles. The summed E-state index contributed by atoms with van der Waals surface area (Å²) in [5.74, 6) is 0.502. The summed E-state index contributed by atoms with van der Waals surface area (Å²) in [6.07, 6.45) is 0.685. The highest BCUT2D eigenvalue weighted by Crippen LogP contribution is 2.25. The van der Waals surface area contributed by atoms with Gasteiger partial charge in [0.25, 0.3) is 5.91 Å². The van der Waals surface area contributed by atoms with Crippen molar-refractivity contribution in [3.8, 4) is 0 Å². The Balaban J connectivity index is 1.73. The Morgan fingerprint density at radius 3 is 2.48 bits per heavy atom. The van der Waals surface area contributed by atoms with E-state index in [0.717, 1.165) is 11.3 Å². The molecular weight excluding hydrogens is 316 g/mol. The Hall–Kier alpha value is -2.63. The van der Waals surface area contributed by atoms with E-state index in [1.54, 1.807) is 11.8 Å². The van der Waals surface area contributed by atoms with Crippen molar-refractivity contribution < 1.29 is 9.59 Å². The lowest BCUT2D eigenvalue weighted by Crippen LogP contribution is -2.34. The fourth-order valence-electron chi connectivity index (χ4n) is 2.99. The first-order valence-electron chi connectivity index (χ1n) is 8.49. The van der Waals surface area contributed by atoms with Crippen LogP contribution in [0.15, 0.2) is 24.3 Å². The second-order valence-corrected chi connectivity index (χ2v) is 7.50. The van der Waals surface area contributed by atoms with Gasteiger partial charge in [0.05, 0.1) is 12.2 Å². The van der Waals surface area contributed by atoms with Crippen molar-refractivity contribution in [3.05, 3.63) is 46.6 Å². The van der Waals surface area contributed by atoms with Crippen LogP contribution in [-0.4, -0.2) is 33.5 Å². The van der Waals surface area contributed by atoms with Gasteiger partial charge in [-0.1, -0.05) is 32.9 Å². The van der Waals surface area contributed by atoms with Gasteiger partial charge in [-0.25, -0.2) is 0 Å². The molecule has 0 bridgehead atoms. The van der Waals surface area contributed by atoms with Crippen molar-refractivity contribution in [3.63, 3.8) is 0 Å². The van der Waals surface area contributed by atoms with Gasteiger partial charge in [0, 0.05) is 24.6 Å². The zero-order valence-corrected chi connectivity index (χ0v) is 15.1. The molecule has 0 atom stereocenters. The number of nitrogens with zero attached hydrogens (tertiary/aromatic N) is 2. The number of rotatable bonds is 2. The summed E-state index contributed by atoms with van der Waals surface area (Å²) in [7, 11) is 0. The summed E-state index contributed by atoms with van der Waals surface area (Å²) in [5, 5.41) is 10.0. The van der Waals surface area contributed by atoms with Gasteiger partial charge in [0.2, 0.25) is 5.91 Å². The number of aromatic nitrogens is 2. The van der Waals surface area contributed by atoms with Gasteiger partial charge < -0.3 is 10.2 Å². The number of carbonyl (C=O) groups is 2.